The Morgan fingerprint density at radius 2 is 1.61 bits per heavy atom. The van der Waals surface area contributed by atoms with Gasteiger partial charge in [0.2, 0.25) is 0 Å². The Balaban J connectivity index is 1.48. The fraction of sp³-hybridized carbons (Fsp3) is 0.250. The molecule has 2 aromatic carbocycles. The second-order valence-electron chi connectivity index (χ2n) is 5.76. The number of hydrogen-bond acceptors (Lipinski definition) is 2. The molecule has 0 aliphatic carbocycles. The topological polar surface area (TPSA) is 29.5 Å². The lowest BCUT2D eigenvalue weighted by Crippen LogP contribution is -2.35. The normalized spacial score (nSPS) is 14.3. The molecule has 0 fully saturated rings. The van der Waals surface area contributed by atoms with Gasteiger partial charge in [0, 0.05) is 13.1 Å². The van der Waals surface area contributed by atoms with Gasteiger partial charge in [-0.05, 0) is 24.0 Å². The zero-order valence-electron chi connectivity index (χ0n) is 13.2. The molecule has 3 rings (SSSR count). The zero-order chi connectivity index (χ0) is 15.9. The average Bonchev–Trinajstić information content (AvgIpc) is 2.62. The van der Waals surface area contributed by atoms with E-state index < -0.39 is 0 Å². The maximum atomic E-state index is 12.1. The summed E-state index contributed by atoms with van der Waals surface area (Å²) in [6.45, 7) is 1.69. The van der Waals surface area contributed by atoms with E-state index in [1.54, 1.807) is 4.90 Å². The highest BCUT2D eigenvalue weighted by Crippen LogP contribution is 2.17. The van der Waals surface area contributed by atoms with Crippen LogP contribution in [0.3, 0.4) is 0 Å². The van der Waals surface area contributed by atoms with Crippen LogP contribution in [0.5, 0.6) is 0 Å². The fourth-order valence-corrected chi connectivity index (χ4v) is 2.71. The van der Waals surface area contributed by atoms with Gasteiger partial charge in [0.1, 0.15) is 6.61 Å². The van der Waals surface area contributed by atoms with Gasteiger partial charge in [-0.25, -0.2) is 4.79 Å². The maximum Gasteiger partial charge on any atom is 0.410 e. The molecule has 0 saturated carbocycles. The van der Waals surface area contributed by atoms with Gasteiger partial charge in [-0.1, -0.05) is 72.3 Å². The number of rotatable bonds is 4. The summed E-state index contributed by atoms with van der Waals surface area (Å²) in [6.07, 6.45) is 3.80. The molecule has 1 amide bonds. The number of carbonyl (C=O) groups is 1. The Hall–Kier alpha value is -2.55. The SMILES string of the molecule is O=C(OCc1ccccc1)N1CC=C(Cc2ccccc2)CC1. The van der Waals surface area contributed by atoms with Gasteiger partial charge < -0.3 is 9.64 Å². The second kappa shape index (κ2) is 7.63. The second-order valence-corrected chi connectivity index (χ2v) is 5.76. The van der Waals surface area contributed by atoms with E-state index >= 15 is 0 Å². The summed E-state index contributed by atoms with van der Waals surface area (Å²) in [5.41, 5.74) is 3.72. The van der Waals surface area contributed by atoms with Gasteiger partial charge >= 0.3 is 6.09 Å². The van der Waals surface area contributed by atoms with Crippen LogP contribution in [0.25, 0.3) is 0 Å². The Morgan fingerprint density at radius 1 is 0.957 bits per heavy atom. The molecule has 0 N–H and O–H groups in total. The predicted octanol–water partition coefficient (Wildman–Crippen LogP) is 4.20. The smallest absolute Gasteiger partial charge is 0.410 e. The molecule has 23 heavy (non-hydrogen) atoms. The Labute approximate surface area is 137 Å². The molecular formula is C20H21NO2. The summed E-state index contributed by atoms with van der Waals surface area (Å²) >= 11 is 0. The lowest BCUT2D eigenvalue weighted by atomic mass is 10.00. The molecule has 0 atom stereocenters. The van der Waals surface area contributed by atoms with E-state index in [0.29, 0.717) is 13.2 Å². The van der Waals surface area contributed by atoms with Crippen LogP contribution >= 0.6 is 0 Å². The standard InChI is InChI=1S/C20H21NO2/c22-20(23-16-19-9-5-2-6-10-19)21-13-11-18(12-14-21)15-17-7-3-1-4-8-17/h1-11H,12-16H2. The largest absolute Gasteiger partial charge is 0.445 e. The summed E-state index contributed by atoms with van der Waals surface area (Å²) in [5, 5.41) is 0. The van der Waals surface area contributed by atoms with Gasteiger partial charge in [-0.2, -0.15) is 0 Å². The molecule has 1 heterocycles. The molecule has 1 aliphatic heterocycles. The molecule has 0 spiro atoms. The van der Waals surface area contributed by atoms with Crippen LogP contribution in [-0.4, -0.2) is 24.1 Å². The third kappa shape index (κ3) is 4.46. The van der Waals surface area contributed by atoms with Crippen molar-refractivity contribution in [1.29, 1.82) is 0 Å². The summed E-state index contributed by atoms with van der Waals surface area (Å²) in [4.78, 5) is 13.9. The molecular weight excluding hydrogens is 286 g/mol. The molecule has 0 radical (unpaired) electrons. The zero-order valence-corrected chi connectivity index (χ0v) is 13.2. The summed E-state index contributed by atoms with van der Waals surface area (Å²) in [6, 6.07) is 20.2. The minimum Gasteiger partial charge on any atom is -0.445 e. The number of ether oxygens (including phenoxy) is 1. The van der Waals surface area contributed by atoms with Gasteiger partial charge in [0.15, 0.2) is 0 Å². The van der Waals surface area contributed by atoms with E-state index in [-0.39, 0.29) is 6.09 Å². The first-order valence-electron chi connectivity index (χ1n) is 7.99. The molecule has 0 unspecified atom stereocenters. The molecule has 0 bridgehead atoms. The number of hydrogen-bond donors (Lipinski definition) is 0. The summed E-state index contributed by atoms with van der Waals surface area (Å²) in [7, 11) is 0. The highest BCUT2D eigenvalue weighted by molar-refractivity contribution is 5.68. The molecule has 0 aromatic heterocycles. The minimum atomic E-state index is -0.233. The van der Waals surface area contributed by atoms with Crippen molar-refractivity contribution < 1.29 is 9.53 Å². The van der Waals surface area contributed by atoms with Gasteiger partial charge in [0.25, 0.3) is 0 Å². The first kappa shape index (κ1) is 15.3. The number of benzene rings is 2. The quantitative estimate of drug-likeness (QED) is 0.792. The number of carbonyl (C=O) groups excluding carboxylic acids is 1. The summed E-state index contributed by atoms with van der Waals surface area (Å²) < 4.78 is 5.38. The molecule has 2 aromatic rings. The van der Waals surface area contributed by atoms with E-state index in [9.17, 15) is 4.79 Å². The predicted molar refractivity (Wildman–Crippen MR) is 91.0 cm³/mol. The molecule has 3 nitrogen and oxygen atoms in total. The number of nitrogens with zero attached hydrogens (tertiary/aromatic N) is 1. The van der Waals surface area contributed by atoms with Crippen molar-refractivity contribution in [3.8, 4) is 0 Å². The minimum absolute atomic E-state index is 0.233. The van der Waals surface area contributed by atoms with Crippen molar-refractivity contribution in [3.63, 3.8) is 0 Å². The Morgan fingerprint density at radius 3 is 2.22 bits per heavy atom. The van der Waals surface area contributed by atoms with E-state index in [1.165, 1.54) is 11.1 Å². The van der Waals surface area contributed by atoms with Crippen molar-refractivity contribution in [2.45, 2.75) is 19.4 Å². The molecule has 1 aliphatic rings. The van der Waals surface area contributed by atoms with Crippen molar-refractivity contribution in [3.05, 3.63) is 83.4 Å². The van der Waals surface area contributed by atoms with Crippen LogP contribution in [0.2, 0.25) is 0 Å². The van der Waals surface area contributed by atoms with E-state index in [4.69, 9.17) is 4.74 Å². The third-order valence-corrected chi connectivity index (χ3v) is 4.04. The average molecular weight is 307 g/mol. The van der Waals surface area contributed by atoms with E-state index in [1.807, 2.05) is 36.4 Å². The molecule has 118 valence electrons. The van der Waals surface area contributed by atoms with Gasteiger partial charge in [-0.3, -0.25) is 0 Å². The maximum absolute atomic E-state index is 12.1. The lowest BCUT2D eigenvalue weighted by Gasteiger charge is -2.26. The van der Waals surface area contributed by atoms with Crippen LogP contribution in [0.15, 0.2) is 72.3 Å². The first-order chi connectivity index (χ1) is 11.3. The Kier molecular flexibility index (Phi) is 5.09. The van der Waals surface area contributed by atoms with E-state index in [0.717, 1.165) is 24.9 Å². The van der Waals surface area contributed by atoms with Crippen molar-refractivity contribution in [1.82, 2.24) is 4.90 Å². The highest BCUT2D eigenvalue weighted by Gasteiger charge is 2.18. The fourth-order valence-electron chi connectivity index (χ4n) is 2.71. The summed E-state index contributed by atoms with van der Waals surface area (Å²) in [5.74, 6) is 0. The van der Waals surface area contributed by atoms with Crippen LogP contribution in [-0.2, 0) is 17.8 Å². The van der Waals surface area contributed by atoms with E-state index in [2.05, 4.69) is 30.3 Å². The third-order valence-electron chi connectivity index (χ3n) is 4.04. The van der Waals surface area contributed by atoms with Gasteiger partial charge in [-0.15, -0.1) is 0 Å². The number of amides is 1. The van der Waals surface area contributed by atoms with Crippen molar-refractivity contribution >= 4 is 6.09 Å². The van der Waals surface area contributed by atoms with Crippen LogP contribution in [0.4, 0.5) is 4.79 Å². The van der Waals surface area contributed by atoms with Crippen molar-refractivity contribution in [2.75, 3.05) is 13.1 Å². The first-order valence-corrected chi connectivity index (χ1v) is 7.99. The van der Waals surface area contributed by atoms with Gasteiger partial charge in [0.05, 0.1) is 0 Å². The van der Waals surface area contributed by atoms with Crippen LogP contribution in [0, 0.1) is 0 Å². The molecule has 0 saturated heterocycles. The van der Waals surface area contributed by atoms with Crippen molar-refractivity contribution in [2.24, 2.45) is 0 Å². The highest BCUT2D eigenvalue weighted by atomic mass is 16.6. The monoisotopic (exact) mass is 307 g/mol. The van der Waals surface area contributed by atoms with Crippen LogP contribution < -0.4 is 0 Å². The lowest BCUT2D eigenvalue weighted by molar-refractivity contribution is 0.0989. The Bertz CT molecular complexity index is 665. The molecule has 3 heteroatoms. The van der Waals surface area contributed by atoms with Crippen LogP contribution in [0.1, 0.15) is 17.5 Å².